The van der Waals surface area contributed by atoms with Gasteiger partial charge in [0.2, 0.25) is 5.91 Å². The van der Waals surface area contributed by atoms with E-state index in [-0.39, 0.29) is 17.6 Å². The zero-order valence-electron chi connectivity index (χ0n) is 18.7. The minimum Gasteiger partial charge on any atom is -0.494 e. The number of nitrogens with zero attached hydrogens (tertiary/aromatic N) is 1. The van der Waals surface area contributed by atoms with E-state index in [1.54, 1.807) is 12.1 Å². The standard InChI is InChI=1S/C25H27N3O3S/c1-5-31-21-11-9-19(10-12-21)27-22(29)15-32-25-23(17(3)14-18(4)26-25)24(30)28-20-8-6-7-16(2)13-20/h6-14H,5,15H2,1-4H3,(H,27,29)(H,28,30). The van der Waals surface area contributed by atoms with Crippen LogP contribution >= 0.6 is 11.8 Å². The number of nitrogens with one attached hydrogen (secondary N) is 2. The van der Waals surface area contributed by atoms with Crippen molar-refractivity contribution in [1.29, 1.82) is 0 Å². The summed E-state index contributed by atoms with van der Waals surface area (Å²) < 4.78 is 5.42. The van der Waals surface area contributed by atoms with Crippen LogP contribution in [0.3, 0.4) is 0 Å². The van der Waals surface area contributed by atoms with Crippen LogP contribution in [0, 0.1) is 20.8 Å². The summed E-state index contributed by atoms with van der Waals surface area (Å²) in [6, 6.07) is 16.7. The van der Waals surface area contributed by atoms with Crippen LogP contribution < -0.4 is 15.4 Å². The number of thioether (sulfide) groups is 1. The monoisotopic (exact) mass is 449 g/mol. The highest BCUT2D eigenvalue weighted by atomic mass is 32.2. The first-order valence-corrected chi connectivity index (χ1v) is 11.4. The number of amides is 2. The molecule has 3 aromatic rings. The molecule has 2 amide bonds. The summed E-state index contributed by atoms with van der Waals surface area (Å²) in [6.07, 6.45) is 0. The molecule has 0 fully saturated rings. The van der Waals surface area contributed by atoms with E-state index in [9.17, 15) is 9.59 Å². The first kappa shape index (κ1) is 23.3. The van der Waals surface area contributed by atoms with Crippen molar-refractivity contribution in [3.05, 3.63) is 77.0 Å². The van der Waals surface area contributed by atoms with Crippen LogP contribution in [0.15, 0.2) is 59.6 Å². The molecule has 1 heterocycles. The van der Waals surface area contributed by atoms with Gasteiger partial charge in [0, 0.05) is 17.1 Å². The van der Waals surface area contributed by atoms with Gasteiger partial charge in [-0.05, 0) is 81.3 Å². The van der Waals surface area contributed by atoms with Crippen molar-refractivity contribution in [2.75, 3.05) is 23.0 Å². The van der Waals surface area contributed by atoms with Crippen molar-refractivity contribution in [3.8, 4) is 5.75 Å². The molecule has 0 radical (unpaired) electrons. The Morgan fingerprint density at radius 1 is 0.969 bits per heavy atom. The second-order valence-corrected chi connectivity index (χ2v) is 8.34. The Kier molecular flexibility index (Phi) is 7.89. The number of ether oxygens (including phenoxy) is 1. The van der Waals surface area contributed by atoms with Gasteiger partial charge in [0.15, 0.2) is 0 Å². The van der Waals surface area contributed by atoms with Crippen LogP contribution in [0.5, 0.6) is 5.75 Å². The minimum absolute atomic E-state index is 0.133. The molecule has 166 valence electrons. The minimum atomic E-state index is -0.241. The third-order valence-electron chi connectivity index (χ3n) is 4.60. The summed E-state index contributed by atoms with van der Waals surface area (Å²) in [7, 11) is 0. The molecule has 2 N–H and O–H groups in total. The van der Waals surface area contributed by atoms with Crippen LogP contribution in [-0.2, 0) is 4.79 Å². The van der Waals surface area contributed by atoms with Gasteiger partial charge < -0.3 is 15.4 Å². The SMILES string of the molecule is CCOc1ccc(NC(=O)CSc2nc(C)cc(C)c2C(=O)Nc2cccc(C)c2)cc1. The van der Waals surface area contributed by atoms with Crippen LogP contribution in [0.4, 0.5) is 11.4 Å². The van der Waals surface area contributed by atoms with Gasteiger partial charge in [-0.3, -0.25) is 9.59 Å². The van der Waals surface area contributed by atoms with E-state index >= 15 is 0 Å². The molecule has 0 aliphatic carbocycles. The van der Waals surface area contributed by atoms with Crippen LogP contribution in [0.2, 0.25) is 0 Å². The smallest absolute Gasteiger partial charge is 0.258 e. The molecule has 0 aliphatic rings. The molecule has 1 aromatic heterocycles. The molecule has 7 heteroatoms. The predicted octanol–water partition coefficient (Wildman–Crippen LogP) is 5.39. The summed E-state index contributed by atoms with van der Waals surface area (Å²) in [5.41, 5.74) is 4.56. The average molecular weight is 450 g/mol. The van der Waals surface area contributed by atoms with E-state index in [0.717, 1.165) is 28.3 Å². The summed E-state index contributed by atoms with van der Waals surface area (Å²) >= 11 is 1.25. The van der Waals surface area contributed by atoms with Crippen molar-refractivity contribution in [3.63, 3.8) is 0 Å². The Balaban J connectivity index is 1.70. The van der Waals surface area contributed by atoms with Gasteiger partial charge >= 0.3 is 0 Å². The Morgan fingerprint density at radius 3 is 2.41 bits per heavy atom. The quantitative estimate of drug-likeness (QED) is 0.451. The second kappa shape index (κ2) is 10.8. The number of aryl methyl sites for hydroxylation is 3. The fourth-order valence-corrected chi connectivity index (χ4v) is 4.18. The lowest BCUT2D eigenvalue weighted by molar-refractivity contribution is -0.113. The topological polar surface area (TPSA) is 80.3 Å². The fraction of sp³-hybridized carbons (Fsp3) is 0.240. The normalized spacial score (nSPS) is 10.5. The highest BCUT2D eigenvalue weighted by molar-refractivity contribution is 8.00. The molecule has 0 spiro atoms. The zero-order valence-corrected chi connectivity index (χ0v) is 19.5. The lowest BCUT2D eigenvalue weighted by atomic mass is 10.1. The molecular formula is C25H27N3O3S. The Bertz CT molecular complexity index is 1110. The number of carbonyl (C=O) groups is 2. The second-order valence-electron chi connectivity index (χ2n) is 7.38. The highest BCUT2D eigenvalue weighted by Crippen LogP contribution is 2.26. The molecule has 6 nitrogen and oxygen atoms in total. The maximum Gasteiger partial charge on any atom is 0.258 e. The van der Waals surface area contributed by atoms with E-state index in [2.05, 4.69) is 15.6 Å². The van der Waals surface area contributed by atoms with Gasteiger partial charge in [-0.1, -0.05) is 23.9 Å². The van der Waals surface area contributed by atoms with Gasteiger partial charge in [-0.2, -0.15) is 0 Å². The Morgan fingerprint density at radius 2 is 1.72 bits per heavy atom. The maximum atomic E-state index is 13.0. The molecule has 0 atom stereocenters. The van der Waals surface area contributed by atoms with Gasteiger partial charge in [0.05, 0.1) is 17.9 Å². The maximum absolute atomic E-state index is 13.0. The number of aromatic nitrogens is 1. The molecule has 0 saturated carbocycles. The van der Waals surface area contributed by atoms with Crippen molar-refractivity contribution in [1.82, 2.24) is 4.98 Å². The lowest BCUT2D eigenvalue weighted by Gasteiger charge is -2.13. The van der Waals surface area contributed by atoms with E-state index < -0.39 is 0 Å². The zero-order chi connectivity index (χ0) is 23.1. The number of rotatable bonds is 8. The third-order valence-corrected chi connectivity index (χ3v) is 5.58. The number of carbonyl (C=O) groups excluding carboxylic acids is 2. The fourth-order valence-electron chi connectivity index (χ4n) is 3.23. The first-order valence-electron chi connectivity index (χ1n) is 10.4. The first-order chi connectivity index (χ1) is 15.4. The number of hydrogen-bond donors (Lipinski definition) is 2. The van der Waals surface area contributed by atoms with E-state index in [1.165, 1.54) is 11.8 Å². The molecule has 0 saturated heterocycles. The van der Waals surface area contributed by atoms with E-state index in [0.29, 0.717) is 22.9 Å². The molecule has 0 unspecified atom stereocenters. The lowest BCUT2D eigenvalue weighted by Crippen LogP contribution is -2.18. The van der Waals surface area contributed by atoms with Crippen LogP contribution in [0.25, 0.3) is 0 Å². The van der Waals surface area contributed by atoms with Crippen LogP contribution in [-0.4, -0.2) is 29.2 Å². The summed E-state index contributed by atoms with van der Waals surface area (Å²) in [4.78, 5) is 30.0. The molecule has 0 aliphatic heterocycles. The van der Waals surface area contributed by atoms with Gasteiger partial charge in [0.25, 0.3) is 5.91 Å². The van der Waals surface area contributed by atoms with Crippen molar-refractivity contribution in [2.24, 2.45) is 0 Å². The molecule has 0 bridgehead atoms. The number of hydrogen-bond acceptors (Lipinski definition) is 5. The van der Waals surface area contributed by atoms with Crippen LogP contribution in [0.1, 0.15) is 34.1 Å². The summed E-state index contributed by atoms with van der Waals surface area (Å²) in [6.45, 7) is 8.23. The predicted molar refractivity (Wildman–Crippen MR) is 130 cm³/mol. The number of anilines is 2. The summed E-state index contributed by atoms with van der Waals surface area (Å²) in [5, 5.41) is 6.34. The highest BCUT2D eigenvalue weighted by Gasteiger charge is 2.18. The van der Waals surface area contributed by atoms with Gasteiger partial charge in [0.1, 0.15) is 10.8 Å². The third kappa shape index (κ3) is 6.34. The van der Waals surface area contributed by atoms with Gasteiger partial charge in [-0.25, -0.2) is 4.98 Å². The molecular weight excluding hydrogens is 422 g/mol. The molecule has 32 heavy (non-hydrogen) atoms. The van der Waals surface area contributed by atoms with Crippen molar-refractivity contribution in [2.45, 2.75) is 32.7 Å². The van der Waals surface area contributed by atoms with E-state index in [1.807, 2.05) is 70.2 Å². The van der Waals surface area contributed by atoms with Gasteiger partial charge in [-0.15, -0.1) is 0 Å². The molecule has 2 aromatic carbocycles. The van der Waals surface area contributed by atoms with Crippen molar-refractivity contribution < 1.29 is 14.3 Å². The Labute approximate surface area is 192 Å². The average Bonchev–Trinajstić information content (AvgIpc) is 2.73. The number of pyridine rings is 1. The van der Waals surface area contributed by atoms with Crippen molar-refractivity contribution >= 4 is 35.0 Å². The largest absolute Gasteiger partial charge is 0.494 e. The number of benzene rings is 2. The Hall–Kier alpha value is -3.32. The molecule has 3 rings (SSSR count). The summed E-state index contributed by atoms with van der Waals surface area (Å²) in [5.74, 6) is 0.470. The van der Waals surface area contributed by atoms with E-state index in [4.69, 9.17) is 4.74 Å².